The van der Waals surface area contributed by atoms with Crippen LogP contribution in [0.4, 0.5) is 0 Å². The van der Waals surface area contributed by atoms with Crippen LogP contribution >= 0.6 is 8.25 Å². The zero-order valence-corrected chi connectivity index (χ0v) is 6.80. The van der Waals surface area contributed by atoms with Crippen molar-refractivity contribution in [3.8, 4) is 0 Å². The van der Waals surface area contributed by atoms with Crippen LogP contribution in [0, 0.1) is 0 Å². The van der Waals surface area contributed by atoms with Crippen molar-refractivity contribution in [3.63, 3.8) is 0 Å². The predicted octanol–water partition coefficient (Wildman–Crippen LogP) is -0.436. The summed E-state index contributed by atoms with van der Waals surface area (Å²) >= 11 is 1.31. The minimum atomic E-state index is -3.13. The molecule has 0 aliphatic heterocycles. The van der Waals surface area contributed by atoms with Gasteiger partial charge in [0.25, 0.3) is 0 Å². The second kappa shape index (κ2) is 9.47. The third-order valence-corrected chi connectivity index (χ3v) is 0. The molecule has 0 bridgehead atoms. The molecule has 0 aromatic rings. The molecule has 0 heterocycles. The Bertz CT molecular complexity index is 33.8. The molecular weight excluding hydrogens is 114 g/mol. The molecule has 0 spiro atoms. The maximum atomic E-state index is 8.74. The summed E-state index contributed by atoms with van der Waals surface area (Å²) in [6.45, 7) is 0. The van der Waals surface area contributed by atoms with Crippen molar-refractivity contribution in [2.45, 2.75) is 4.17 Å². The van der Waals surface area contributed by atoms with Crippen molar-refractivity contribution < 1.29 is 14.4 Å². The molecule has 0 rings (SSSR count). The topological polar surface area (TPSA) is 57.5 Å². The maximum absolute atomic E-state index is 8.74. The van der Waals surface area contributed by atoms with Gasteiger partial charge in [-0.2, -0.15) is 0 Å². The molecule has 3 nitrogen and oxygen atoms in total. The van der Waals surface area contributed by atoms with Gasteiger partial charge in [-0.3, -0.25) is 4.57 Å². The van der Waals surface area contributed by atoms with Gasteiger partial charge in [-0.05, 0) is 0 Å². The molecule has 2 N–H and O–H groups in total. The van der Waals surface area contributed by atoms with E-state index in [-0.39, 0.29) is 0 Å². The summed E-state index contributed by atoms with van der Waals surface area (Å²) < 4.78 is 10.9. The summed E-state index contributed by atoms with van der Waals surface area (Å²) in [5.74, 6) is 0. The van der Waals surface area contributed by atoms with Crippen LogP contribution in [0.1, 0.15) is 0 Å². The molecule has 0 unspecified atom stereocenters. The van der Waals surface area contributed by atoms with Crippen molar-refractivity contribution in [1.82, 2.24) is 0 Å². The quantitative estimate of drug-likeness (QED) is 0.336. The van der Waals surface area contributed by atoms with Gasteiger partial charge in [-0.1, -0.05) is 0 Å². The minimum absolute atomic E-state index is 1.31. The van der Waals surface area contributed by atoms with Crippen LogP contribution in [0.3, 0.4) is 0 Å². The first-order chi connectivity index (χ1) is 2.73. The summed E-state index contributed by atoms with van der Waals surface area (Å²) in [5.41, 5.74) is 0. The standard InChI is InChI=1S/CH3.Na.H3O3P/c;;1-4(2)3/h1H3;;4H,(H2,1,2,3). The fraction of sp³-hybridized carbons (Fsp3) is 1.00. The Labute approximate surface area is 54.7 Å². The second-order valence-electron chi connectivity index (χ2n) is 0.283. The second-order valence-corrected chi connectivity index (χ2v) is 0.848. The molecule has 0 saturated carbocycles. The van der Waals surface area contributed by atoms with E-state index in [1.54, 1.807) is 0 Å². The van der Waals surface area contributed by atoms with Gasteiger partial charge < -0.3 is 9.79 Å². The molecule has 6 heavy (non-hydrogen) atoms. The van der Waals surface area contributed by atoms with E-state index in [0.29, 0.717) is 0 Å². The number of hydrogen-bond acceptors (Lipinski definition) is 1. The van der Waals surface area contributed by atoms with Gasteiger partial charge in [0.15, 0.2) is 0 Å². The van der Waals surface area contributed by atoms with E-state index in [1.807, 2.05) is 0 Å². The summed E-state index contributed by atoms with van der Waals surface area (Å²) in [7, 11) is -3.13. The molecule has 0 fully saturated rings. The zero-order valence-electron chi connectivity index (χ0n) is 3.80. The van der Waals surface area contributed by atoms with Crippen LogP contribution < -0.4 is 0 Å². The Hall–Kier alpha value is 1.15. The molecule has 0 atom stereocenters. The van der Waals surface area contributed by atoms with Gasteiger partial charge >= 0.3 is 40.4 Å². The van der Waals surface area contributed by atoms with E-state index < -0.39 is 8.25 Å². The van der Waals surface area contributed by atoms with Crippen LogP contribution in [0.15, 0.2) is 0 Å². The Morgan fingerprint density at radius 2 is 1.50 bits per heavy atom. The normalized spacial score (nSPS) is 7.00. The Morgan fingerprint density at radius 1 is 1.50 bits per heavy atom. The summed E-state index contributed by atoms with van der Waals surface area (Å²) in [6.07, 6.45) is 0. The molecule has 0 aromatic carbocycles. The zero-order chi connectivity index (χ0) is 5.58. The summed E-state index contributed by atoms with van der Waals surface area (Å²) in [5, 5.41) is 0. The van der Waals surface area contributed by atoms with Gasteiger partial charge in [0.1, 0.15) is 0 Å². The predicted molar refractivity (Wildman–Crippen MR) is 25.1 cm³/mol. The van der Waals surface area contributed by atoms with E-state index in [9.17, 15) is 0 Å². The number of hydrogen-bond donors (Lipinski definition) is 2. The molecule has 0 amide bonds. The molecule has 0 aliphatic rings. The van der Waals surface area contributed by atoms with Gasteiger partial charge in [0.2, 0.25) is 0 Å². The monoisotopic (exact) mass is 120 g/mol. The van der Waals surface area contributed by atoms with Crippen LogP contribution in [0.25, 0.3) is 0 Å². The van der Waals surface area contributed by atoms with Gasteiger partial charge in [0, 0.05) is 0 Å². The van der Waals surface area contributed by atoms with Gasteiger partial charge in [0.05, 0.1) is 0 Å². The summed E-state index contributed by atoms with van der Waals surface area (Å²) in [4.78, 5) is 14.3. The fourth-order valence-electron chi connectivity index (χ4n) is 0. The fourth-order valence-corrected chi connectivity index (χ4v) is 0. The van der Waals surface area contributed by atoms with Crippen LogP contribution in [-0.4, -0.2) is 37.7 Å². The van der Waals surface area contributed by atoms with Crippen molar-refractivity contribution >= 4 is 36.2 Å². The Balaban J connectivity index is 0. The van der Waals surface area contributed by atoms with Crippen molar-refractivity contribution in [2.24, 2.45) is 0 Å². The molecule has 0 saturated heterocycles. The first-order valence-corrected chi connectivity index (χ1v) is 4.95. The first kappa shape index (κ1) is 10.2. The molecule has 5 heteroatoms. The third-order valence-electron chi connectivity index (χ3n) is 0. The van der Waals surface area contributed by atoms with Crippen LogP contribution in [0.2, 0.25) is 4.17 Å². The van der Waals surface area contributed by atoms with Gasteiger partial charge in [-0.15, -0.1) is 0 Å². The molecule has 0 aliphatic carbocycles. The van der Waals surface area contributed by atoms with E-state index in [1.165, 1.54) is 27.9 Å². The SMILES string of the molecule is O=[PH](O)O.[CH3][Na]. The third kappa shape index (κ3) is 67.1. The van der Waals surface area contributed by atoms with Crippen LogP contribution in [0.5, 0.6) is 0 Å². The van der Waals surface area contributed by atoms with Crippen molar-refractivity contribution in [1.29, 1.82) is 0 Å². The van der Waals surface area contributed by atoms with Crippen molar-refractivity contribution in [2.75, 3.05) is 0 Å². The molecular formula is CH6NaO3P. The molecule has 34 valence electrons. The van der Waals surface area contributed by atoms with E-state index in [0.717, 1.165) is 0 Å². The Morgan fingerprint density at radius 3 is 1.50 bits per heavy atom. The first-order valence-electron chi connectivity index (χ1n) is 1.65. The van der Waals surface area contributed by atoms with E-state index >= 15 is 0 Å². The van der Waals surface area contributed by atoms with E-state index in [2.05, 4.69) is 4.17 Å². The van der Waals surface area contributed by atoms with Crippen molar-refractivity contribution in [3.05, 3.63) is 0 Å². The number of rotatable bonds is 0. The van der Waals surface area contributed by atoms with Gasteiger partial charge in [-0.25, -0.2) is 0 Å². The summed E-state index contributed by atoms with van der Waals surface area (Å²) in [6, 6.07) is 0. The van der Waals surface area contributed by atoms with Crippen LogP contribution in [-0.2, 0) is 4.57 Å². The average Bonchev–Trinajstić information content (AvgIpc) is 1.41. The van der Waals surface area contributed by atoms with E-state index in [4.69, 9.17) is 14.4 Å². The Kier molecular flexibility index (Phi) is 16.1. The molecule has 0 radical (unpaired) electrons. The average molecular weight is 120 g/mol. The molecule has 0 aromatic heterocycles.